The normalized spacial score (nSPS) is 10.1. The van der Waals surface area contributed by atoms with Crippen LogP contribution in [0, 0.1) is 18.3 Å². The Morgan fingerprint density at radius 2 is 2.04 bits per heavy atom. The summed E-state index contributed by atoms with van der Waals surface area (Å²) in [5, 5.41) is 26.8. The van der Waals surface area contributed by atoms with Gasteiger partial charge in [0.1, 0.15) is 30.6 Å². The van der Waals surface area contributed by atoms with Gasteiger partial charge in [-0.05, 0) is 36.2 Å². The summed E-state index contributed by atoms with van der Waals surface area (Å²) in [7, 11) is -1.86. The molecule has 0 aliphatic heterocycles. The van der Waals surface area contributed by atoms with Crippen molar-refractivity contribution in [3.63, 3.8) is 0 Å². The van der Waals surface area contributed by atoms with Gasteiger partial charge in [-0.15, -0.1) is 0 Å². The molecule has 1 aromatic heterocycles. The van der Waals surface area contributed by atoms with E-state index in [0.717, 1.165) is 5.56 Å². The number of nitriles is 1. The molecule has 0 bridgehead atoms. The molecule has 0 saturated heterocycles. The van der Waals surface area contributed by atoms with Crippen molar-refractivity contribution in [3.8, 4) is 23.6 Å². The SMILES string of the molecule is CC(=O)OCCOc1nc(Oc2ccc(C)c(COB(O)O)c2)ccc1C#N. The number of rotatable bonds is 9. The fourth-order valence-corrected chi connectivity index (χ4v) is 2.15. The van der Waals surface area contributed by atoms with Gasteiger partial charge in [-0.2, -0.15) is 10.2 Å². The topological polar surface area (TPSA) is 131 Å². The molecular weight excluding hydrogens is 367 g/mol. The highest BCUT2D eigenvalue weighted by molar-refractivity contribution is 6.32. The molecule has 0 unspecified atom stereocenters. The van der Waals surface area contributed by atoms with Crippen molar-refractivity contribution in [1.29, 1.82) is 5.26 Å². The fraction of sp³-hybridized carbons (Fsp3) is 0.278. The van der Waals surface area contributed by atoms with Crippen LogP contribution >= 0.6 is 0 Å². The molecule has 0 aliphatic rings. The predicted molar refractivity (Wildman–Crippen MR) is 97.3 cm³/mol. The van der Waals surface area contributed by atoms with E-state index in [1.54, 1.807) is 18.2 Å². The zero-order chi connectivity index (χ0) is 20.5. The summed E-state index contributed by atoms with van der Waals surface area (Å²) in [6.07, 6.45) is 0. The minimum Gasteiger partial charge on any atom is -0.473 e. The van der Waals surface area contributed by atoms with Gasteiger partial charge in [-0.25, -0.2) is 0 Å². The lowest BCUT2D eigenvalue weighted by Crippen LogP contribution is -2.16. The van der Waals surface area contributed by atoms with Crippen LogP contribution in [-0.4, -0.2) is 41.5 Å². The molecule has 2 rings (SSSR count). The third kappa shape index (κ3) is 6.55. The van der Waals surface area contributed by atoms with Gasteiger partial charge in [-0.1, -0.05) is 6.07 Å². The Kier molecular flexibility index (Phi) is 7.77. The summed E-state index contributed by atoms with van der Waals surface area (Å²) in [5.74, 6) is 0.271. The average molecular weight is 386 g/mol. The average Bonchev–Trinajstić information content (AvgIpc) is 2.65. The maximum Gasteiger partial charge on any atom is 0.634 e. The standard InChI is InChI=1S/C18H19BN2O7/c1-12-3-5-16(9-15(12)11-27-19(23)24)28-17-6-4-14(10-20)18(21-17)26-8-7-25-13(2)22/h3-6,9,23-24H,7-8,11H2,1-2H3. The molecule has 1 aromatic carbocycles. The summed E-state index contributed by atoms with van der Waals surface area (Å²) in [6, 6.07) is 10.2. The first-order chi connectivity index (χ1) is 13.4. The Morgan fingerprint density at radius 3 is 2.71 bits per heavy atom. The number of ether oxygens (including phenoxy) is 3. The molecule has 0 saturated carbocycles. The Labute approximate surface area is 162 Å². The van der Waals surface area contributed by atoms with E-state index in [9.17, 15) is 4.79 Å². The van der Waals surface area contributed by atoms with Crippen molar-refractivity contribution in [2.45, 2.75) is 20.5 Å². The second-order valence-corrected chi connectivity index (χ2v) is 5.63. The van der Waals surface area contributed by atoms with Crippen LogP contribution in [0.2, 0.25) is 0 Å². The summed E-state index contributed by atoms with van der Waals surface area (Å²) in [6.45, 7) is 3.20. The Bertz CT molecular complexity index is 867. The molecule has 146 valence electrons. The highest BCUT2D eigenvalue weighted by Crippen LogP contribution is 2.26. The quantitative estimate of drug-likeness (QED) is 0.374. The Balaban J connectivity index is 2.11. The summed E-state index contributed by atoms with van der Waals surface area (Å²) >= 11 is 0. The lowest BCUT2D eigenvalue weighted by atomic mass is 10.1. The largest absolute Gasteiger partial charge is 0.634 e. The molecule has 0 radical (unpaired) electrons. The van der Waals surface area contributed by atoms with Gasteiger partial charge >= 0.3 is 13.3 Å². The van der Waals surface area contributed by atoms with Crippen molar-refractivity contribution in [1.82, 2.24) is 4.98 Å². The summed E-state index contributed by atoms with van der Waals surface area (Å²) in [5.41, 5.74) is 1.80. The van der Waals surface area contributed by atoms with E-state index in [-0.39, 0.29) is 37.1 Å². The summed E-state index contributed by atoms with van der Waals surface area (Å²) in [4.78, 5) is 14.9. The smallest absolute Gasteiger partial charge is 0.473 e. The summed E-state index contributed by atoms with van der Waals surface area (Å²) < 4.78 is 20.7. The van der Waals surface area contributed by atoms with E-state index in [2.05, 4.69) is 4.98 Å². The number of aromatic nitrogens is 1. The second kappa shape index (κ2) is 10.3. The van der Waals surface area contributed by atoms with Gasteiger partial charge < -0.3 is 28.9 Å². The number of pyridine rings is 1. The molecule has 0 aliphatic carbocycles. The maximum atomic E-state index is 10.8. The zero-order valence-electron chi connectivity index (χ0n) is 15.4. The van der Waals surface area contributed by atoms with Crippen LogP contribution in [0.4, 0.5) is 0 Å². The van der Waals surface area contributed by atoms with Crippen molar-refractivity contribution in [2.75, 3.05) is 13.2 Å². The van der Waals surface area contributed by atoms with E-state index >= 15 is 0 Å². The van der Waals surface area contributed by atoms with Gasteiger partial charge in [0, 0.05) is 13.0 Å². The molecule has 10 heteroatoms. The van der Waals surface area contributed by atoms with Crippen molar-refractivity contribution in [2.24, 2.45) is 0 Å². The maximum absolute atomic E-state index is 10.8. The first-order valence-electron chi connectivity index (χ1n) is 8.31. The van der Waals surface area contributed by atoms with Crippen LogP contribution < -0.4 is 9.47 Å². The molecule has 1 heterocycles. The van der Waals surface area contributed by atoms with E-state index < -0.39 is 13.3 Å². The molecule has 2 aromatic rings. The molecule has 9 nitrogen and oxygen atoms in total. The highest BCUT2D eigenvalue weighted by atomic mass is 16.6. The van der Waals surface area contributed by atoms with E-state index in [4.69, 9.17) is 34.2 Å². The number of aryl methyl sites for hydroxylation is 1. The van der Waals surface area contributed by atoms with Crippen LogP contribution in [0.5, 0.6) is 17.5 Å². The number of nitrogens with zero attached hydrogens (tertiary/aromatic N) is 2. The number of hydrogen-bond acceptors (Lipinski definition) is 9. The Morgan fingerprint density at radius 1 is 1.25 bits per heavy atom. The van der Waals surface area contributed by atoms with E-state index in [1.165, 1.54) is 19.1 Å². The van der Waals surface area contributed by atoms with Gasteiger partial charge in [0.2, 0.25) is 11.8 Å². The number of carbonyl (C=O) groups is 1. The number of benzene rings is 1. The van der Waals surface area contributed by atoms with Gasteiger partial charge in [0.25, 0.3) is 0 Å². The molecule has 0 amide bonds. The third-order valence-electron chi connectivity index (χ3n) is 3.51. The van der Waals surface area contributed by atoms with Crippen LogP contribution in [0.15, 0.2) is 30.3 Å². The van der Waals surface area contributed by atoms with Crippen molar-refractivity contribution < 1.29 is 33.7 Å². The van der Waals surface area contributed by atoms with Crippen molar-refractivity contribution >= 4 is 13.3 Å². The predicted octanol–water partition coefficient (Wildman–Crippen LogP) is 1.48. The second-order valence-electron chi connectivity index (χ2n) is 5.63. The van der Waals surface area contributed by atoms with Crippen LogP contribution in [0.25, 0.3) is 0 Å². The van der Waals surface area contributed by atoms with E-state index in [0.29, 0.717) is 11.3 Å². The number of hydrogen-bond donors (Lipinski definition) is 2. The monoisotopic (exact) mass is 386 g/mol. The number of carbonyl (C=O) groups excluding carboxylic acids is 1. The highest BCUT2D eigenvalue weighted by Gasteiger charge is 2.12. The van der Waals surface area contributed by atoms with Gasteiger partial charge in [-0.3, -0.25) is 4.79 Å². The molecule has 0 fully saturated rings. The first kappa shape index (κ1) is 21.2. The number of esters is 1. The lowest BCUT2D eigenvalue weighted by Gasteiger charge is -2.12. The fourth-order valence-electron chi connectivity index (χ4n) is 2.15. The molecule has 28 heavy (non-hydrogen) atoms. The molecule has 0 atom stereocenters. The Hall–Kier alpha value is -3.13. The third-order valence-corrected chi connectivity index (χ3v) is 3.51. The minimum atomic E-state index is -1.86. The molecule has 0 spiro atoms. The van der Waals surface area contributed by atoms with Gasteiger partial charge in [0.05, 0.1) is 6.61 Å². The zero-order valence-corrected chi connectivity index (χ0v) is 15.4. The van der Waals surface area contributed by atoms with Crippen LogP contribution in [-0.2, 0) is 20.8 Å². The van der Waals surface area contributed by atoms with Crippen LogP contribution in [0.3, 0.4) is 0 Å². The van der Waals surface area contributed by atoms with E-state index in [1.807, 2.05) is 13.0 Å². The minimum absolute atomic E-state index is 0.00793. The lowest BCUT2D eigenvalue weighted by molar-refractivity contribution is -0.141. The van der Waals surface area contributed by atoms with Crippen LogP contribution in [0.1, 0.15) is 23.6 Å². The molecular formula is C18H19BN2O7. The molecule has 2 N–H and O–H groups in total. The van der Waals surface area contributed by atoms with Gasteiger partial charge in [0.15, 0.2) is 0 Å². The first-order valence-corrected chi connectivity index (χ1v) is 8.31. The van der Waals surface area contributed by atoms with Crippen molar-refractivity contribution in [3.05, 3.63) is 47.0 Å².